The maximum atomic E-state index is 12.9. The number of nitrogens with one attached hydrogen (secondary N) is 1. The van der Waals surface area contributed by atoms with E-state index in [0.29, 0.717) is 11.3 Å². The molecule has 1 N–H and O–H groups in total. The monoisotopic (exact) mass is 460 g/mol. The number of benzene rings is 1. The number of rotatable bonds is 6. The van der Waals surface area contributed by atoms with Crippen LogP contribution in [0.5, 0.6) is 5.75 Å². The highest BCUT2D eigenvalue weighted by Gasteiger charge is 2.24. The van der Waals surface area contributed by atoms with Gasteiger partial charge in [-0.25, -0.2) is 9.97 Å². The van der Waals surface area contributed by atoms with Crippen molar-refractivity contribution in [2.24, 2.45) is 0 Å². The molecule has 0 aliphatic rings. The predicted octanol–water partition coefficient (Wildman–Crippen LogP) is 5.34. The number of para-hydroxylation sites is 1. The number of fused-ring (bicyclic) bond motifs is 1. The van der Waals surface area contributed by atoms with Crippen LogP contribution in [-0.4, -0.2) is 26.5 Å². The highest BCUT2D eigenvalue weighted by atomic mass is 32.2. The van der Waals surface area contributed by atoms with Crippen LogP contribution >= 0.6 is 23.1 Å². The first-order valence-corrected chi connectivity index (χ1v) is 11.8. The molecule has 5 rings (SSSR count). The molecule has 32 heavy (non-hydrogen) atoms. The molecule has 0 saturated carbocycles. The van der Waals surface area contributed by atoms with Crippen LogP contribution in [0.15, 0.2) is 82.3 Å². The lowest BCUT2D eigenvalue weighted by Crippen LogP contribution is -2.17. The first kappa shape index (κ1) is 20.5. The van der Waals surface area contributed by atoms with Gasteiger partial charge < -0.3 is 9.72 Å². The van der Waals surface area contributed by atoms with E-state index in [4.69, 9.17) is 9.72 Å². The van der Waals surface area contributed by atoms with Crippen molar-refractivity contribution in [3.8, 4) is 16.3 Å². The first-order chi connectivity index (χ1) is 15.6. The molecule has 4 aromatic heterocycles. The van der Waals surface area contributed by atoms with Crippen LogP contribution in [0.25, 0.3) is 16.2 Å². The van der Waals surface area contributed by atoms with Gasteiger partial charge in [0, 0.05) is 17.8 Å². The number of thioether (sulfide) groups is 1. The van der Waals surface area contributed by atoms with Crippen LogP contribution in [-0.2, 0) is 0 Å². The predicted molar refractivity (Wildman–Crippen MR) is 129 cm³/mol. The minimum atomic E-state index is -0.285. The van der Waals surface area contributed by atoms with Crippen molar-refractivity contribution in [3.05, 3.63) is 99.5 Å². The summed E-state index contributed by atoms with van der Waals surface area (Å²) in [6, 6.07) is 17.3. The van der Waals surface area contributed by atoms with Gasteiger partial charge in [-0.05, 0) is 36.1 Å². The second-order valence-corrected chi connectivity index (χ2v) is 9.31. The summed E-state index contributed by atoms with van der Waals surface area (Å²) in [6.07, 6.45) is 3.64. The zero-order valence-corrected chi connectivity index (χ0v) is 19.1. The van der Waals surface area contributed by atoms with E-state index >= 15 is 0 Å². The second kappa shape index (κ2) is 8.64. The Labute approximate surface area is 193 Å². The molecule has 1 unspecified atom stereocenters. The van der Waals surface area contributed by atoms with Crippen molar-refractivity contribution in [2.45, 2.75) is 17.3 Å². The van der Waals surface area contributed by atoms with E-state index in [9.17, 15) is 4.79 Å². The van der Waals surface area contributed by atoms with Crippen LogP contribution in [0, 0.1) is 6.92 Å². The highest BCUT2D eigenvalue weighted by Crippen LogP contribution is 2.42. The van der Waals surface area contributed by atoms with Gasteiger partial charge >= 0.3 is 0 Å². The molecule has 8 heteroatoms. The van der Waals surface area contributed by atoms with Gasteiger partial charge in [-0.3, -0.25) is 9.20 Å². The molecule has 160 valence electrons. The fourth-order valence-corrected chi connectivity index (χ4v) is 5.32. The van der Waals surface area contributed by atoms with Gasteiger partial charge in [0.25, 0.3) is 5.56 Å². The largest absolute Gasteiger partial charge is 0.496 e. The molecule has 0 aliphatic carbocycles. The Balaban J connectivity index is 1.61. The topological polar surface area (TPSA) is 72.3 Å². The maximum Gasteiger partial charge on any atom is 0.258 e. The number of imidazole rings is 1. The van der Waals surface area contributed by atoms with Crippen LogP contribution in [0.3, 0.4) is 0 Å². The van der Waals surface area contributed by atoms with Gasteiger partial charge in [0.05, 0.1) is 34.8 Å². The number of aromatic nitrogens is 4. The Morgan fingerprint density at radius 1 is 1.16 bits per heavy atom. The summed E-state index contributed by atoms with van der Waals surface area (Å²) in [6.45, 7) is 1.95. The van der Waals surface area contributed by atoms with Crippen LogP contribution < -0.4 is 10.3 Å². The fourth-order valence-electron chi connectivity index (χ4n) is 3.56. The Morgan fingerprint density at radius 3 is 2.84 bits per heavy atom. The number of hydrogen-bond acceptors (Lipinski definition) is 6. The van der Waals surface area contributed by atoms with Crippen molar-refractivity contribution >= 4 is 28.7 Å². The van der Waals surface area contributed by atoms with E-state index in [1.807, 2.05) is 61.0 Å². The molecule has 6 nitrogen and oxygen atoms in total. The molecule has 0 aliphatic heterocycles. The SMILES string of the molecule is COc1ccccc1C(Sc1ncc(-c2cccs2)[nH]1)c1cc(=O)n2cc(C)ccc2n1. The molecule has 0 amide bonds. The van der Waals surface area contributed by atoms with E-state index in [1.54, 1.807) is 35.1 Å². The van der Waals surface area contributed by atoms with Crippen molar-refractivity contribution < 1.29 is 4.74 Å². The fraction of sp³-hybridized carbons (Fsp3) is 0.125. The number of thiophene rings is 1. The number of pyridine rings is 1. The number of hydrogen-bond donors (Lipinski definition) is 1. The molecule has 0 fully saturated rings. The van der Waals surface area contributed by atoms with Crippen molar-refractivity contribution in [2.75, 3.05) is 7.11 Å². The van der Waals surface area contributed by atoms with Gasteiger partial charge in [0.1, 0.15) is 11.4 Å². The number of nitrogens with zero attached hydrogens (tertiary/aromatic N) is 3. The molecule has 4 heterocycles. The highest BCUT2D eigenvalue weighted by molar-refractivity contribution is 7.99. The molecule has 5 aromatic rings. The Hall–Kier alpha value is -3.36. The minimum Gasteiger partial charge on any atom is -0.496 e. The van der Waals surface area contributed by atoms with Gasteiger partial charge in [-0.2, -0.15) is 0 Å². The van der Waals surface area contributed by atoms with Gasteiger partial charge in [-0.1, -0.05) is 42.1 Å². The molecule has 1 atom stereocenters. The lowest BCUT2D eigenvalue weighted by atomic mass is 10.1. The number of aryl methyl sites for hydroxylation is 1. The number of methoxy groups -OCH3 is 1. The summed E-state index contributed by atoms with van der Waals surface area (Å²) in [7, 11) is 1.65. The van der Waals surface area contributed by atoms with E-state index in [-0.39, 0.29) is 10.8 Å². The van der Waals surface area contributed by atoms with Crippen LogP contribution in [0.2, 0.25) is 0 Å². The minimum absolute atomic E-state index is 0.118. The standard InChI is InChI=1S/C24H20N4O2S2/c1-15-9-10-21-26-17(12-22(29)28(21)14-15)23(16-6-3-4-7-19(16)30-2)32-24-25-13-18(27-24)20-8-5-11-31-20/h3-14,23H,1-2H3,(H,25,27). The van der Waals surface area contributed by atoms with Crippen molar-refractivity contribution in [3.63, 3.8) is 0 Å². The molecule has 0 saturated heterocycles. The smallest absolute Gasteiger partial charge is 0.258 e. The van der Waals surface area contributed by atoms with E-state index in [2.05, 4.69) is 16.0 Å². The average Bonchev–Trinajstić information content (AvgIpc) is 3.50. The number of ether oxygens (including phenoxy) is 1. The van der Waals surface area contributed by atoms with E-state index in [0.717, 1.165) is 32.6 Å². The molecule has 0 radical (unpaired) electrons. The normalized spacial score (nSPS) is 12.2. The zero-order valence-electron chi connectivity index (χ0n) is 17.5. The lowest BCUT2D eigenvalue weighted by molar-refractivity contribution is 0.410. The third-order valence-corrected chi connectivity index (χ3v) is 7.15. The quantitative estimate of drug-likeness (QED) is 0.346. The summed E-state index contributed by atoms with van der Waals surface area (Å²) in [5, 5.41) is 2.50. The Bertz CT molecular complexity index is 1440. The molecule has 0 bridgehead atoms. The maximum absolute atomic E-state index is 12.9. The second-order valence-electron chi connectivity index (χ2n) is 7.27. The zero-order chi connectivity index (χ0) is 22.1. The average molecular weight is 461 g/mol. The summed E-state index contributed by atoms with van der Waals surface area (Å²) in [4.78, 5) is 26.8. The summed E-state index contributed by atoms with van der Waals surface area (Å²) in [5.41, 5.74) is 4.04. The lowest BCUT2D eigenvalue weighted by Gasteiger charge is -2.18. The first-order valence-electron chi connectivity index (χ1n) is 10.0. The summed E-state index contributed by atoms with van der Waals surface area (Å²) in [5.74, 6) is 0.737. The summed E-state index contributed by atoms with van der Waals surface area (Å²) < 4.78 is 7.20. The van der Waals surface area contributed by atoms with Gasteiger partial charge in [-0.15, -0.1) is 11.3 Å². The molecular weight excluding hydrogens is 440 g/mol. The van der Waals surface area contributed by atoms with Crippen LogP contribution in [0.1, 0.15) is 22.1 Å². The van der Waals surface area contributed by atoms with Gasteiger partial charge in [0.2, 0.25) is 0 Å². The molecule has 1 aromatic carbocycles. The van der Waals surface area contributed by atoms with E-state index in [1.165, 1.54) is 11.8 Å². The Morgan fingerprint density at radius 2 is 2.03 bits per heavy atom. The van der Waals surface area contributed by atoms with Gasteiger partial charge in [0.15, 0.2) is 5.16 Å². The third kappa shape index (κ3) is 3.94. The van der Waals surface area contributed by atoms with Crippen LogP contribution in [0.4, 0.5) is 0 Å². The Kier molecular flexibility index (Phi) is 5.55. The van der Waals surface area contributed by atoms with E-state index < -0.39 is 0 Å². The summed E-state index contributed by atoms with van der Waals surface area (Å²) >= 11 is 3.16. The third-order valence-electron chi connectivity index (χ3n) is 5.09. The van der Waals surface area contributed by atoms with Crippen molar-refractivity contribution in [1.29, 1.82) is 0 Å². The number of aromatic amines is 1. The molecular formula is C24H20N4O2S2. The van der Waals surface area contributed by atoms with Crippen molar-refractivity contribution in [1.82, 2.24) is 19.4 Å². The molecule has 0 spiro atoms. The number of H-pyrrole nitrogens is 1.